The van der Waals surface area contributed by atoms with Crippen LogP contribution in [0, 0.1) is 12.8 Å². The van der Waals surface area contributed by atoms with Crippen molar-refractivity contribution in [2.45, 2.75) is 78.4 Å². The molecule has 16 nitrogen and oxygen atoms in total. The summed E-state index contributed by atoms with van der Waals surface area (Å²) < 4.78 is 18.0. The number of piperazine rings is 1. The molecule has 0 radical (unpaired) electrons. The van der Waals surface area contributed by atoms with Crippen LogP contribution >= 0.6 is 0 Å². The van der Waals surface area contributed by atoms with E-state index in [9.17, 15) is 24.0 Å². The monoisotopic (exact) mass is 863 g/mol. The third-order valence-electron chi connectivity index (χ3n) is 12.5. The van der Waals surface area contributed by atoms with Gasteiger partial charge >= 0.3 is 23.8 Å². The molecule has 3 saturated heterocycles. The van der Waals surface area contributed by atoms with E-state index in [2.05, 4.69) is 22.0 Å². The van der Waals surface area contributed by atoms with Crippen LogP contribution in [-0.4, -0.2) is 170 Å². The van der Waals surface area contributed by atoms with Gasteiger partial charge < -0.3 is 48.6 Å². The average molecular weight is 863 g/mol. The molecular weight excluding hydrogens is 793 g/mol. The van der Waals surface area contributed by atoms with E-state index < -0.39 is 18.0 Å². The van der Waals surface area contributed by atoms with Crippen molar-refractivity contribution < 1.29 is 33.1 Å². The summed E-state index contributed by atoms with van der Waals surface area (Å²) in [5, 5.41) is 3.03. The van der Waals surface area contributed by atoms with Crippen LogP contribution in [0.5, 0.6) is 0 Å². The molecule has 0 unspecified atom stereocenters. The average Bonchev–Trinajstić information content (AvgIpc) is 3.42. The number of urea groups is 1. The van der Waals surface area contributed by atoms with Crippen molar-refractivity contribution in [2.75, 3.05) is 105 Å². The van der Waals surface area contributed by atoms with E-state index in [1.54, 1.807) is 22.9 Å². The van der Waals surface area contributed by atoms with Gasteiger partial charge in [-0.15, -0.1) is 0 Å². The molecule has 7 rings (SSSR count). The van der Waals surface area contributed by atoms with Crippen molar-refractivity contribution >= 4 is 40.8 Å². The SMILES string of the molecule is C.CC1CCN(CCC(=O)OCCN(C)C)CC1.Cc1cc(C[C@@H](OC(=O)N2CCC(N3CCc4ccccc4NC3=O)CC2)C(=O)N2CCN(C)CC2)cc2oc(=O)n(C)c12. The van der Waals surface area contributed by atoms with Gasteiger partial charge in [-0.2, -0.15) is 0 Å². The van der Waals surface area contributed by atoms with Gasteiger partial charge in [0.25, 0.3) is 5.91 Å². The molecule has 1 aromatic heterocycles. The Bertz CT molecular complexity index is 2030. The van der Waals surface area contributed by atoms with Gasteiger partial charge in [0, 0.05) is 84.1 Å². The van der Waals surface area contributed by atoms with E-state index in [0.29, 0.717) is 69.7 Å². The van der Waals surface area contributed by atoms with Gasteiger partial charge in [-0.25, -0.2) is 14.4 Å². The summed E-state index contributed by atoms with van der Waals surface area (Å²) in [6.45, 7) is 12.7. The zero-order valence-electron chi connectivity index (χ0n) is 37.0. The number of carbonyl (C=O) groups excluding carboxylic acids is 4. The van der Waals surface area contributed by atoms with Crippen LogP contribution in [0.3, 0.4) is 0 Å². The summed E-state index contributed by atoms with van der Waals surface area (Å²) in [6.07, 6.45) is 3.67. The van der Waals surface area contributed by atoms with Gasteiger partial charge in [-0.1, -0.05) is 38.6 Å². The zero-order chi connectivity index (χ0) is 43.6. The van der Waals surface area contributed by atoms with Crippen LogP contribution in [0.4, 0.5) is 15.3 Å². The van der Waals surface area contributed by atoms with Crippen LogP contribution in [0.15, 0.2) is 45.6 Å². The van der Waals surface area contributed by atoms with Crippen LogP contribution in [0.1, 0.15) is 63.1 Å². The van der Waals surface area contributed by atoms with Crippen LogP contribution in [0.25, 0.3) is 11.1 Å². The fraction of sp³-hybridized carbons (Fsp3) is 0.630. The third-order valence-corrected chi connectivity index (χ3v) is 12.5. The molecule has 3 aromatic rings. The standard InChI is InChI=1S/C32H40N6O6.C13H26N2O2.CH4/c1-21-18-22(19-26-28(21)35(3)31(41)43-26)20-27(29(39)36-16-14-34(2)15-17-36)44-32(42)37-11-9-24(10-12-37)38-13-8-23-6-4-5-7-25(23)33-30(38)40;1-12-4-7-15(8-5-12)9-6-13(16)17-11-10-14(2)3;/h4-7,18-19,24,27H,8-17,20H2,1-3H3,(H,33,40);12H,4-11H2,1-3H3;1H4/t27-;;/m1../s1. The fourth-order valence-electron chi connectivity index (χ4n) is 8.57. The molecule has 3 fully saturated rings. The van der Waals surface area contributed by atoms with Crippen LogP contribution < -0.4 is 11.1 Å². The minimum Gasteiger partial charge on any atom is -0.464 e. The van der Waals surface area contributed by atoms with Gasteiger partial charge in [0.2, 0.25) is 0 Å². The van der Waals surface area contributed by atoms with Crippen molar-refractivity contribution in [1.82, 2.24) is 34.0 Å². The number of piperidine rings is 2. The highest BCUT2D eigenvalue weighted by molar-refractivity contribution is 5.91. The Kier molecular flexibility index (Phi) is 17.4. The molecular formula is C46H70N8O8. The maximum atomic E-state index is 13.7. The fourth-order valence-corrected chi connectivity index (χ4v) is 8.57. The molecule has 16 heteroatoms. The molecule has 5 heterocycles. The molecule has 1 atom stereocenters. The number of likely N-dealkylation sites (N-methyl/N-ethyl adjacent to an activating group) is 2. The molecule has 0 spiro atoms. The number of aryl methyl sites for hydroxylation is 2. The number of esters is 1. The molecule has 4 aliphatic heterocycles. The largest absolute Gasteiger partial charge is 0.464 e. The Morgan fingerprint density at radius 3 is 2.29 bits per heavy atom. The normalized spacial score (nSPS) is 18.6. The Morgan fingerprint density at radius 2 is 1.60 bits per heavy atom. The molecule has 0 bridgehead atoms. The first-order valence-electron chi connectivity index (χ1n) is 22.0. The smallest absolute Gasteiger partial charge is 0.419 e. The number of hydrogen-bond donors (Lipinski definition) is 1. The number of nitrogens with zero attached hydrogens (tertiary/aromatic N) is 7. The molecule has 4 aliphatic rings. The predicted octanol–water partition coefficient (Wildman–Crippen LogP) is 4.67. The summed E-state index contributed by atoms with van der Waals surface area (Å²) in [6, 6.07) is 11.4. The van der Waals surface area contributed by atoms with Crippen molar-refractivity contribution in [2.24, 2.45) is 13.0 Å². The lowest BCUT2D eigenvalue weighted by molar-refractivity contribution is -0.144. The number of carbonyl (C=O) groups is 4. The number of rotatable bonds is 11. The maximum absolute atomic E-state index is 13.7. The topological polar surface area (TPSA) is 153 Å². The second kappa shape index (κ2) is 22.4. The number of likely N-dealkylation sites (tertiary alicyclic amines) is 2. The van der Waals surface area contributed by atoms with Crippen molar-refractivity contribution in [3.8, 4) is 0 Å². The molecule has 1 N–H and O–H groups in total. The number of benzene rings is 2. The molecule has 62 heavy (non-hydrogen) atoms. The molecule has 4 amide bonds. The zero-order valence-corrected chi connectivity index (χ0v) is 37.0. The quantitative estimate of drug-likeness (QED) is 0.268. The summed E-state index contributed by atoms with van der Waals surface area (Å²) in [7, 11) is 7.62. The Labute approximate surface area is 367 Å². The molecule has 0 aliphatic carbocycles. The highest BCUT2D eigenvalue weighted by Gasteiger charge is 2.35. The minimum atomic E-state index is -1.02. The number of para-hydroxylation sites is 1. The first-order chi connectivity index (χ1) is 29.2. The number of oxazole rings is 1. The van der Waals surface area contributed by atoms with Gasteiger partial charge in [0.1, 0.15) is 6.61 Å². The number of ether oxygens (including phenoxy) is 2. The maximum Gasteiger partial charge on any atom is 0.419 e. The summed E-state index contributed by atoms with van der Waals surface area (Å²) in [5.74, 6) is 0.0977. The van der Waals surface area contributed by atoms with Crippen molar-refractivity contribution in [3.05, 3.63) is 63.6 Å². The minimum absolute atomic E-state index is 0. The van der Waals surface area contributed by atoms with E-state index in [1.807, 2.05) is 68.2 Å². The highest BCUT2D eigenvalue weighted by atomic mass is 16.6. The molecule has 2 aromatic carbocycles. The number of nitrogens with one attached hydrogen (secondary N) is 1. The third kappa shape index (κ3) is 12.8. The first kappa shape index (κ1) is 48.1. The van der Waals surface area contributed by atoms with Gasteiger partial charge in [-0.05, 0) is 108 Å². The number of hydrogen-bond acceptors (Lipinski definition) is 11. The number of aromatic nitrogens is 1. The summed E-state index contributed by atoms with van der Waals surface area (Å²) in [5.41, 5.74) is 4.68. The van der Waals surface area contributed by atoms with Gasteiger partial charge in [0.15, 0.2) is 11.7 Å². The second-order valence-corrected chi connectivity index (χ2v) is 17.4. The van der Waals surface area contributed by atoms with E-state index in [4.69, 9.17) is 13.9 Å². The Morgan fingerprint density at radius 1 is 0.903 bits per heavy atom. The lowest BCUT2D eigenvalue weighted by atomic mass is 9.99. The highest BCUT2D eigenvalue weighted by Crippen LogP contribution is 2.26. The lowest BCUT2D eigenvalue weighted by Crippen LogP contribution is -2.53. The van der Waals surface area contributed by atoms with Gasteiger partial charge in [0.05, 0.1) is 11.9 Å². The molecule has 0 saturated carbocycles. The molecule has 342 valence electrons. The van der Waals surface area contributed by atoms with Crippen molar-refractivity contribution in [1.29, 1.82) is 0 Å². The van der Waals surface area contributed by atoms with Crippen LogP contribution in [-0.2, 0) is 39.0 Å². The Hall–Kier alpha value is -4.93. The lowest BCUT2D eigenvalue weighted by Gasteiger charge is -2.38. The van der Waals surface area contributed by atoms with E-state index in [1.165, 1.54) is 17.4 Å². The van der Waals surface area contributed by atoms with Crippen molar-refractivity contribution in [3.63, 3.8) is 0 Å². The number of fused-ring (bicyclic) bond motifs is 2. The first-order valence-corrected chi connectivity index (χ1v) is 22.0. The predicted molar refractivity (Wildman–Crippen MR) is 240 cm³/mol. The summed E-state index contributed by atoms with van der Waals surface area (Å²) in [4.78, 5) is 75.6. The van der Waals surface area contributed by atoms with Crippen LogP contribution in [0.2, 0.25) is 0 Å². The van der Waals surface area contributed by atoms with E-state index in [-0.39, 0.29) is 37.8 Å². The van der Waals surface area contributed by atoms with E-state index >= 15 is 0 Å². The second-order valence-electron chi connectivity index (χ2n) is 17.4. The summed E-state index contributed by atoms with van der Waals surface area (Å²) >= 11 is 0. The van der Waals surface area contributed by atoms with E-state index in [0.717, 1.165) is 74.0 Å². The van der Waals surface area contributed by atoms with Gasteiger partial charge in [-0.3, -0.25) is 14.2 Å². The number of amides is 4. The Balaban J connectivity index is 0.000000341. The number of anilines is 1.